The fraction of sp³-hybridized carbons (Fsp3) is 0.562. The summed E-state index contributed by atoms with van der Waals surface area (Å²) in [6, 6.07) is 9.25. The molecule has 0 aliphatic heterocycles. The summed E-state index contributed by atoms with van der Waals surface area (Å²) in [6.07, 6.45) is 3.85. The van der Waals surface area contributed by atoms with E-state index in [9.17, 15) is 4.79 Å². The van der Waals surface area contributed by atoms with Crippen LogP contribution in [0, 0.1) is 6.92 Å². The van der Waals surface area contributed by atoms with Gasteiger partial charge in [-0.25, -0.2) is 0 Å². The normalized spacial score (nSPS) is 16.1. The van der Waals surface area contributed by atoms with E-state index in [0.29, 0.717) is 18.5 Å². The van der Waals surface area contributed by atoms with Gasteiger partial charge < -0.3 is 10.6 Å². The fourth-order valence-electron chi connectivity index (χ4n) is 2.28. The SMILES string of the molecule is Cc1ccccc1C(C)NCCCC(=O)NC1CC1. The number of aryl methyl sites for hydroxylation is 1. The minimum atomic E-state index is 0.202. The van der Waals surface area contributed by atoms with Crippen LogP contribution >= 0.6 is 0 Å². The summed E-state index contributed by atoms with van der Waals surface area (Å²) < 4.78 is 0. The Bertz CT molecular complexity index is 427. The van der Waals surface area contributed by atoms with Gasteiger partial charge in [-0.1, -0.05) is 24.3 Å². The molecule has 1 unspecified atom stereocenters. The Labute approximate surface area is 115 Å². The number of carbonyl (C=O) groups excluding carboxylic acids is 1. The summed E-state index contributed by atoms with van der Waals surface area (Å²) in [4.78, 5) is 11.5. The van der Waals surface area contributed by atoms with Gasteiger partial charge in [0.2, 0.25) is 5.91 Å². The quantitative estimate of drug-likeness (QED) is 0.740. The monoisotopic (exact) mass is 260 g/mol. The molecule has 3 nitrogen and oxygen atoms in total. The van der Waals surface area contributed by atoms with E-state index in [1.165, 1.54) is 11.1 Å². The molecule has 1 amide bonds. The molecule has 0 spiro atoms. The average molecular weight is 260 g/mol. The molecule has 0 radical (unpaired) electrons. The highest BCUT2D eigenvalue weighted by Crippen LogP contribution is 2.19. The van der Waals surface area contributed by atoms with Crippen molar-refractivity contribution in [3.05, 3.63) is 35.4 Å². The lowest BCUT2D eigenvalue weighted by atomic mass is 10.0. The minimum Gasteiger partial charge on any atom is -0.353 e. The maximum Gasteiger partial charge on any atom is 0.220 e. The van der Waals surface area contributed by atoms with Gasteiger partial charge in [0.25, 0.3) is 0 Å². The maximum atomic E-state index is 11.5. The molecule has 1 atom stereocenters. The van der Waals surface area contributed by atoms with E-state index < -0.39 is 0 Å². The number of amides is 1. The molecule has 0 bridgehead atoms. The molecule has 0 aromatic heterocycles. The van der Waals surface area contributed by atoms with Crippen LogP contribution in [0.1, 0.15) is 49.8 Å². The highest BCUT2D eigenvalue weighted by molar-refractivity contribution is 5.76. The van der Waals surface area contributed by atoms with Gasteiger partial charge in [-0.3, -0.25) is 4.79 Å². The van der Waals surface area contributed by atoms with E-state index in [-0.39, 0.29) is 5.91 Å². The first-order chi connectivity index (χ1) is 9.16. The molecule has 1 saturated carbocycles. The Morgan fingerprint density at radius 1 is 1.37 bits per heavy atom. The van der Waals surface area contributed by atoms with E-state index in [1.807, 2.05) is 0 Å². The van der Waals surface area contributed by atoms with E-state index in [1.54, 1.807) is 0 Å². The van der Waals surface area contributed by atoms with E-state index in [0.717, 1.165) is 25.8 Å². The zero-order chi connectivity index (χ0) is 13.7. The molecule has 1 aliphatic rings. The lowest BCUT2D eigenvalue weighted by Crippen LogP contribution is -2.27. The molecule has 1 aliphatic carbocycles. The summed E-state index contributed by atoms with van der Waals surface area (Å²) >= 11 is 0. The largest absolute Gasteiger partial charge is 0.353 e. The van der Waals surface area contributed by atoms with Gasteiger partial charge in [0.1, 0.15) is 0 Å². The van der Waals surface area contributed by atoms with Gasteiger partial charge >= 0.3 is 0 Å². The Balaban J connectivity index is 1.64. The van der Waals surface area contributed by atoms with Gasteiger partial charge in [0.05, 0.1) is 0 Å². The van der Waals surface area contributed by atoms with Crippen LogP contribution in [0.15, 0.2) is 24.3 Å². The number of carbonyl (C=O) groups is 1. The zero-order valence-corrected chi connectivity index (χ0v) is 11.9. The third kappa shape index (κ3) is 4.67. The second kappa shape index (κ2) is 6.71. The summed E-state index contributed by atoms with van der Waals surface area (Å²) in [7, 11) is 0. The first-order valence-electron chi connectivity index (χ1n) is 7.25. The fourth-order valence-corrected chi connectivity index (χ4v) is 2.28. The molecule has 0 heterocycles. The van der Waals surface area contributed by atoms with Crippen molar-refractivity contribution < 1.29 is 4.79 Å². The Morgan fingerprint density at radius 2 is 2.11 bits per heavy atom. The number of hydrogen-bond donors (Lipinski definition) is 2. The molecular weight excluding hydrogens is 236 g/mol. The number of hydrogen-bond acceptors (Lipinski definition) is 2. The van der Waals surface area contributed by atoms with Crippen molar-refractivity contribution in [1.29, 1.82) is 0 Å². The number of benzene rings is 1. The number of rotatable bonds is 7. The molecule has 19 heavy (non-hydrogen) atoms. The summed E-state index contributed by atoms with van der Waals surface area (Å²) in [5, 5.41) is 6.50. The van der Waals surface area contributed by atoms with Crippen LogP contribution in [0.2, 0.25) is 0 Å². The molecule has 1 aromatic carbocycles. The summed E-state index contributed by atoms with van der Waals surface area (Å²) in [5.74, 6) is 0.202. The van der Waals surface area contributed by atoms with E-state index in [4.69, 9.17) is 0 Å². The van der Waals surface area contributed by atoms with Crippen LogP contribution in [0.3, 0.4) is 0 Å². The van der Waals surface area contributed by atoms with E-state index in [2.05, 4.69) is 48.7 Å². The molecule has 0 saturated heterocycles. The molecular formula is C16H24N2O. The molecule has 3 heteroatoms. The van der Waals surface area contributed by atoms with Gasteiger partial charge in [-0.2, -0.15) is 0 Å². The molecule has 2 rings (SSSR count). The summed E-state index contributed by atoms with van der Waals surface area (Å²) in [5.41, 5.74) is 2.65. The predicted molar refractivity (Wildman–Crippen MR) is 78.0 cm³/mol. The maximum absolute atomic E-state index is 11.5. The van der Waals surface area contributed by atoms with Crippen molar-refractivity contribution in [2.24, 2.45) is 0 Å². The summed E-state index contributed by atoms with van der Waals surface area (Å²) in [6.45, 7) is 5.19. The van der Waals surface area contributed by atoms with Crippen LogP contribution in [0.25, 0.3) is 0 Å². The second-order valence-electron chi connectivity index (χ2n) is 5.48. The van der Waals surface area contributed by atoms with Gasteiger partial charge in [-0.15, -0.1) is 0 Å². The van der Waals surface area contributed by atoms with Crippen molar-refractivity contribution in [2.75, 3.05) is 6.54 Å². The van der Waals surface area contributed by atoms with Crippen molar-refractivity contribution in [3.8, 4) is 0 Å². The molecule has 104 valence electrons. The van der Waals surface area contributed by atoms with Gasteiger partial charge in [0.15, 0.2) is 0 Å². The van der Waals surface area contributed by atoms with Crippen LogP contribution in [0.4, 0.5) is 0 Å². The lowest BCUT2D eigenvalue weighted by Gasteiger charge is -2.16. The van der Waals surface area contributed by atoms with Gasteiger partial charge in [-0.05, 0) is 50.8 Å². The average Bonchev–Trinajstić information content (AvgIpc) is 3.19. The number of nitrogens with one attached hydrogen (secondary N) is 2. The highest BCUT2D eigenvalue weighted by atomic mass is 16.1. The second-order valence-corrected chi connectivity index (χ2v) is 5.48. The van der Waals surface area contributed by atoms with Crippen molar-refractivity contribution in [3.63, 3.8) is 0 Å². The minimum absolute atomic E-state index is 0.202. The predicted octanol–water partition coefficient (Wildman–Crippen LogP) is 2.70. The first kappa shape index (κ1) is 14.1. The third-order valence-corrected chi connectivity index (χ3v) is 3.63. The van der Waals surface area contributed by atoms with Gasteiger partial charge in [0, 0.05) is 18.5 Å². The Hall–Kier alpha value is -1.35. The lowest BCUT2D eigenvalue weighted by molar-refractivity contribution is -0.121. The van der Waals surface area contributed by atoms with Crippen LogP contribution in [-0.2, 0) is 4.79 Å². The molecule has 1 fully saturated rings. The Kier molecular flexibility index (Phi) is 4.97. The third-order valence-electron chi connectivity index (χ3n) is 3.63. The van der Waals surface area contributed by atoms with Crippen LogP contribution < -0.4 is 10.6 Å². The van der Waals surface area contributed by atoms with Crippen LogP contribution in [0.5, 0.6) is 0 Å². The smallest absolute Gasteiger partial charge is 0.220 e. The van der Waals surface area contributed by atoms with Crippen molar-refractivity contribution in [2.45, 2.75) is 51.6 Å². The van der Waals surface area contributed by atoms with E-state index >= 15 is 0 Å². The zero-order valence-electron chi connectivity index (χ0n) is 11.9. The standard InChI is InChI=1S/C16H24N2O/c1-12-6-3-4-7-15(12)13(2)17-11-5-8-16(19)18-14-9-10-14/h3-4,6-7,13-14,17H,5,8-11H2,1-2H3,(H,18,19). The van der Waals surface area contributed by atoms with Crippen molar-refractivity contribution >= 4 is 5.91 Å². The molecule has 1 aromatic rings. The van der Waals surface area contributed by atoms with Crippen molar-refractivity contribution in [1.82, 2.24) is 10.6 Å². The van der Waals surface area contributed by atoms with Crippen LogP contribution in [-0.4, -0.2) is 18.5 Å². The molecule has 2 N–H and O–H groups in total. The topological polar surface area (TPSA) is 41.1 Å². The Morgan fingerprint density at radius 3 is 2.79 bits per heavy atom. The first-order valence-corrected chi connectivity index (χ1v) is 7.25. The highest BCUT2D eigenvalue weighted by Gasteiger charge is 2.22.